The van der Waals surface area contributed by atoms with E-state index >= 15 is 0 Å². The minimum Gasteiger partial charge on any atom is -0.497 e. The van der Waals surface area contributed by atoms with Gasteiger partial charge in [-0.1, -0.05) is 11.2 Å². The van der Waals surface area contributed by atoms with Gasteiger partial charge in [-0.25, -0.2) is 0 Å². The molecule has 8 heteroatoms. The van der Waals surface area contributed by atoms with Crippen LogP contribution in [0, 0.1) is 0 Å². The van der Waals surface area contributed by atoms with Crippen LogP contribution in [0.4, 0.5) is 0 Å². The number of methoxy groups -OCH3 is 1. The largest absolute Gasteiger partial charge is 0.497 e. The van der Waals surface area contributed by atoms with Crippen molar-refractivity contribution in [1.29, 1.82) is 0 Å². The maximum absolute atomic E-state index is 12.6. The maximum Gasteiger partial charge on any atom is 0.254 e. The zero-order valence-corrected chi connectivity index (χ0v) is 13.6. The number of hydrogen-bond acceptors (Lipinski definition) is 7. The Kier molecular flexibility index (Phi) is 5.07. The van der Waals surface area contributed by atoms with Crippen LogP contribution in [0.2, 0.25) is 0 Å². The molecule has 1 aromatic heterocycles. The second kappa shape index (κ2) is 7.41. The molecular weight excluding hydrogens is 310 g/mol. The summed E-state index contributed by atoms with van der Waals surface area (Å²) in [7, 11) is 1.59. The highest BCUT2D eigenvalue weighted by Gasteiger charge is 2.23. The smallest absolute Gasteiger partial charge is 0.254 e. The Bertz CT molecular complexity index is 695. The lowest BCUT2D eigenvalue weighted by Crippen LogP contribution is -2.48. The van der Waals surface area contributed by atoms with Crippen LogP contribution in [0.1, 0.15) is 22.1 Å². The predicted molar refractivity (Wildman–Crippen MR) is 86.4 cm³/mol. The Morgan fingerprint density at radius 2 is 2.12 bits per heavy atom. The van der Waals surface area contributed by atoms with E-state index in [1.165, 1.54) is 0 Å². The number of carbonyl (C=O) groups excluding carboxylic acids is 1. The fraction of sp³-hybridized carbons (Fsp3) is 0.438. The van der Waals surface area contributed by atoms with Gasteiger partial charge in [-0.2, -0.15) is 4.98 Å². The monoisotopic (exact) mass is 331 g/mol. The maximum atomic E-state index is 12.6. The molecule has 1 aromatic carbocycles. The second-order valence-corrected chi connectivity index (χ2v) is 5.61. The summed E-state index contributed by atoms with van der Waals surface area (Å²) in [5, 5.41) is 3.90. The fourth-order valence-electron chi connectivity index (χ4n) is 2.69. The number of piperazine rings is 1. The van der Waals surface area contributed by atoms with Crippen molar-refractivity contribution in [3.8, 4) is 5.75 Å². The number of benzene rings is 1. The Balaban J connectivity index is 1.55. The van der Waals surface area contributed by atoms with E-state index in [4.69, 9.17) is 15.0 Å². The van der Waals surface area contributed by atoms with Crippen molar-refractivity contribution < 1.29 is 14.1 Å². The third-order valence-electron chi connectivity index (χ3n) is 4.03. The van der Waals surface area contributed by atoms with Crippen LogP contribution in [0.3, 0.4) is 0 Å². The molecule has 2 aromatic rings. The first kappa shape index (κ1) is 16.4. The minimum absolute atomic E-state index is 0.0264. The number of nitrogens with two attached hydrogens (primary N) is 1. The van der Waals surface area contributed by atoms with Crippen LogP contribution in [0.25, 0.3) is 0 Å². The van der Waals surface area contributed by atoms with Crippen LogP contribution in [-0.4, -0.2) is 59.1 Å². The molecule has 0 radical (unpaired) electrons. The number of rotatable bonds is 5. The van der Waals surface area contributed by atoms with E-state index in [0.717, 1.165) is 13.1 Å². The van der Waals surface area contributed by atoms with E-state index in [9.17, 15) is 4.79 Å². The summed E-state index contributed by atoms with van der Waals surface area (Å²) in [5.41, 5.74) is 6.11. The summed E-state index contributed by atoms with van der Waals surface area (Å²) in [4.78, 5) is 20.8. The standard InChI is InChI=1S/C16H21N5O3/c1-23-13-4-2-3-12(9-13)16(22)21-7-5-20(6-8-21)11-14-18-15(10-17)24-19-14/h2-4,9H,5-8,10-11,17H2,1H3. The summed E-state index contributed by atoms with van der Waals surface area (Å²) in [6, 6.07) is 7.23. The lowest BCUT2D eigenvalue weighted by atomic mass is 10.1. The molecule has 1 aliphatic heterocycles. The summed E-state index contributed by atoms with van der Waals surface area (Å²) >= 11 is 0. The van der Waals surface area contributed by atoms with E-state index in [0.29, 0.717) is 42.7 Å². The highest BCUT2D eigenvalue weighted by atomic mass is 16.5. The van der Waals surface area contributed by atoms with E-state index in [-0.39, 0.29) is 12.5 Å². The zero-order valence-electron chi connectivity index (χ0n) is 13.6. The number of ether oxygens (including phenoxy) is 1. The molecule has 1 saturated heterocycles. The number of nitrogens with zero attached hydrogens (tertiary/aromatic N) is 4. The zero-order chi connectivity index (χ0) is 16.9. The van der Waals surface area contributed by atoms with E-state index in [2.05, 4.69) is 15.0 Å². The molecule has 0 saturated carbocycles. The van der Waals surface area contributed by atoms with Crippen LogP contribution in [0.15, 0.2) is 28.8 Å². The molecule has 24 heavy (non-hydrogen) atoms. The van der Waals surface area contributed by atoms with E-state index in [1.807, 2.05) is 23.1 Å². The summed E-state index contributed by atoms with van der Waals surface area (Å²) in [6.07, 6.45) is 0. The Morgan fingerprint density at radius 1 is 1.33 bits per heavy atom. The first-order valence-corrected chi connectivity index (χ1v) is 7.87. The molecule has 1 amide bonds. The second-order valence-electron chi connectivity index (χ2n) is 5.61. The number of carbonyl (C=O) groups is 1. The van der Waals surface area contributed by atoms with Crippen molar-refractivity contribution in [2.75, 3.05) is 33.3 Å². The summed E-state index contributed by atoms with van der Waals surface area (Å²) in [5.74, 6) is 1.78. The molecule has 1 aliphatic rings. The lowest BCUT2D eigenvalue weighted by molar-refractivity contribution is 0.0624. The number of amides is 1. The third kappa shape index (κ3) is 3.72. The van der Waals surface area contributed by atoms with Gasteiger partial charge in [-0.15, -0.1) is 0 Å². The van der Waals surface area contributed by atoms with Crippen molar-refractivity contribution in [3.63, 3.8) is 0 Å². The molecule has 8 nitrogen and oxygen atoms in total. The average Bonchev–Trinajstić information content (AvgIpc) is 3.09. The molecule has 1 fully saturated rings. The van der Waals surface area contributed by atoms with Gasteiger partial charge in [0.05, 0.1) is 20.2 Å². The van der Waals surface area contributed by atoms with Gasteiger partial charge < -0.3 is 19.9 Å². The molecule has 0 unspecified atom stereocenters. The average molecular weight is 331 g/mol. The van der Waals surface area contributed by atoms with Gasteiger partial charge in [-0.05, 0) is 18.2 Å². The van der Waals surface area contributed by atoms with Gasteiger partial charge in [0.15, 0.2) is 5.82 Å². The summed E-state index contributed by atoms with van der Waals surface area (Å²) < 4.78 is 10.2. The molecule has 2 heterocycles. The molecule has 0 atom stereocenters. The number of hydrogen-bond donors (Lipinski definition) is 1. The van der Waals surface area contributed by atoms with Crippen molar-refractivity contribution in [3.05, 3.63) is 41.5 Å². The van der Waals surface area contributed by atoms with Gasteiger partial charge in [0.1, 0.15) is 5.75 Å². The quantitative estimate of drug-likeness (QED) is 0.851. The molecule has 0 spiro atoms. The highest BCUT2D eigenvalue weighted by molar-refractivity contribution is 5.94. The first-order chi connectivity index (χ1) is 11.7. The molecule has 0 bridgehead atoms. The van der Waals surface area contributed by atoms with E-state index in [1.54, 1.807) is 13.2 Å². The SMILES string of the molecule is COc1cccc(C(=O)N2CCN(Cc3noc(CN)n3)CC2)c1. The van der Waals surface area contributed by atoms with Gasteiger partial charge in [0, 0.05) is 31.7 Å². The van der Waals surface area contributed by atoms with Crippen LogP contribution < -0.4 is 10.5 Å². The highest BCUT2D eigenvalue weighted by Crippen LogP contribution is 2.16. The van der Waals surface area contributed by atoms with Gasteiger partial charge in [-0.3, -0.25) is 9.69 Å². The number of aromatic nitrogens is 2. The van der Waals surface area contributed by atoms with Gasteiger partial charge in [0.2, 0.25) is 5.89 Å². The fourth-order valence-corrected chi connectivity index (χ4v) is 2.69. The lowest BCUT2D eigenvalue weighted by Gasteiger charge is -2.34. The Labute approximate surface area is 140 Å². The molecule has 0 aliphatic carbocycles. The van der Waals surface area contributed by atoms with Gasteiger partial charge in [0.25, 0.3) is 5.91 Å². The minimum atomic E-state index is 0.0264. The Morgan fingerprint density at radius 3 is 2.79 bits per heavy atom. The third-order valence-corrected chi connectivity index (χ3v) is 4.03. The van der Waals surface area contributed by atoms with Crippen LogP contribution >= 0.6 is 0 Å². The van der Waals surface area contributed by atoms with Crippen molar-refractivity contribution in [1.82, 2.24) is 19.9 Å². The van der Waals surface area contributed by atoms with Gasteiger partial charge >= 0.3 is 0 Å². The normalized spacial score (nSPS) is 15.5. The van der Waals surface area contributed by atoms with Crippen LogP contribution in [0.5, 0.6) is 5.75 Å². The van der Waals surface area contributed by atoms with Crippen LogP contribution in [-0.2, 0) is 13.1 Å². The van der Waals surface area contributed by atoms with Crippen molar-refractivity contribution in [2.24, 2.45) is 5.73 Å². The molecule has 2 N–H and O–H groups in total. The van der Waals surface area contributed by atoms with E-state index < -0.39 is 0 Å². The Hall–Kier alpha value is -2.45. The van der Waals surface area contributed by atoms with Crippen molar-refractivity contribution >= 4 is 5.91 Å². The summed E-state index contributed by atoms with van der Waals surface area (Å²) in [6.45, 7) is 3.71. The molecule has 3 rings (SSSR count). The first-order valence-electron chi connectivity index (χ1n) is 7.87. The topological polar surface area (TPSA) is 97.7 Å². The molecule has 128 valence electrons. The van der Waals surface area contributed by atoms with Crippen molar-refractivity contribution in [2.45, 2.75) is 13.1 Å². The predicted octanol–water partition coefficient (Wildman–Crippen LogP) is 0.495. The molecular formula is C16H21N5O3.